The molecule has 5 N–H and O–H groups in total. The summed E-state index contributed by atoms with van der Waals surface area (Å²) >= 11 is 0. The van der Waals surface area contributed by atoms with Crippen LogP contribution in [0.1, 0.15) is 23.5 Å². The third-order valence-corrected chi connectivity index (χ3v) is 4.78. The molecule has 0 fully saturated rings. The highest BCUT2D eigenvalue weighted by Gasteiger charge is 2.29. The van der Waals surface area contributed by atoms with Gasteiger partial charge in [0.25, 0.3) is 0 Å². The normalized spacial score (nSPS) is 12.9. The van der Waals surface area contributed by atoms with Gasteiger partial charge < -0.3 is 26.2 Å². The Labute approximate surface area is 172 Å². The number of benzene rings is 2. The van der Waals surface area contributed by atoms with Gasteiger partial charge >= 0.3 is 12.1 Å². The molecule has 0 aromatic heterocycles. The van der Waals surface area contributed by atoms with E-state index in [-0.39, 0.29) is 12.5 Å². The van der Waals surface area contributed by atoms with Crippen LogP contribution in [0.25, 0.3) is 11.1 Å². The second kappa shape index (κ2) is 9.08. The first-order chi connectivity index (χ1) is 14.4. The van der Waals surface area contributed by atoms with Crippen LogP contribution in [0, 0.1) is 0 Å². The molecule has 9 nitrogen and oxygen atoms in total. The number of fused-ring (bicyclic) bond motifs is 3. The Morgan fingerprint density at radius 1 is 1.00 bits per heavy atom. The number of amides is 3. The molecule has 0 aliphatic heterocycles. The van der Waals surface area contributed by atoms with Crippen LogP contribution in [-0.2, 0) is 19.1 Å². The van der Waals surface area contributed by atoms with Crippen molar-refractivity contribution < 1.29 is 29.0 Å². The van der Waals surface area contributed by atoms with Gasteiger partial charge in [-0.1, -0.05) is 48.5 Å². The molecule has 156 valence electrons. The summed E-state index contributed by atoms with van der Waals surface area (Å²) in [5.41, 5.74) is 9.25. The fourth-order valence-corrected chi connectivity index (χ4v) is 3.45. The number of primary amides is 1. The lowest BCUT2D eigenvalue weighted by Crippen LogP contribution is -2.47. The molecule has 2 aromatic carbocycles. The molecule has 1 atom stereocenters. The van der Waals surface area contributed by atoms with Gasteiger partial charge in [-0.15, -0.1) is 0 Å². The molecule has 3 rings (SSSR count). The van der Waals surface area contributed by atoms with Crippen molar-refractivity contribution in [3.63, 3.8) is 0 Å². The van der Waals surface area contributed by atoms with E-state index in [1.807, 2.05) is 48.5 Å². The highest BCUT2D eigenvalue weighted by Crippen LogP contribution is 2.44. The Kier molecular flexibility index (Phi) is 6.31. The van der Waals surface area contributed by atoms with Gasteiger partial charge in [-0.3, -0.25) is 9.59 Å². The first-order valence-corrected chi connectivity index (χ1v) is 9.26. The van der Waals surface area contributed by atoms with Gasteiger partial charge in [-0.25, -0.2) is 9.59 Å². The van der Waals surface area contributed by atoms with Crippen molar-refractivity contribution >= 4 is 23.9 Å². The summed E-state index contributed by atoms with van der Waals surface area (Å²) in [5.74, 6) is -3.17. The van der Waals surface area contributed by atoms with Crippen LogP contribution in [0.4, 0.5) is 4.79 Å². The molecule has 1 unspecified atom stereocenters. The van der Waals surface area contributed by atoms with Gasteiger partial charge in [0.05, 0.1) is 6.42 Å². The van der Waals surface area contributed by atoms with Crippen LogP contribution >= 0.6 is 0 Å². The zero-order valence-electron chi connectivity index (χ0n) is 16.0. The summed E-state index contributed by atoms with van der Waals surface area (Å²) < 4.78 is 5.29. The smallest absolute Gasteiger partial charge is 0.407 e. The Bertz CT molecular complexity index is 945. The summed E-state index contributed by atoms with van der Waals surface area (Å²) in [6, 6.07) is 14.3. The predicted octanol–water partition coefficient (Wildman–Crippen LogP) is 0.970. The maximum Gasteiger partial charge on any atom is 0.407 e. The number of carbonyl (C=O) groups is 4. The molecule has 3 amide bonds. The molecule has 0 spiro atoms. The number of carbonyl (C=O) groups excluding carboxylic acids is 3. The average molecular weight is 411 g/mol. The molecule has 0 saturated heterocycles. The van der Waals surface area contributed by atoms with Crippen molar-refractivity contribution in [2.75, 3.05) is 13.2 Å². The van der Waals surface area contributed by atoms with E-state index in [2.05, 4.69) is 10.6 Å². The van der Waals surface area contributed by atoms with Gasteiger partial charge in [0.15, 0.2) is 0 Å². The summed E-state index contributed by atoms with van der Waals surface area (Å²) in [6.07, 6.45) is -1.36. The van der Waals surface area contributed by atoms with Crippen LogP contribution in [0.5, 0.6) is 0 Å². The van der Waals surface area contributed by atoms with E-state index >= 15 is 0 Å². The van der Waals surface area contributed by atoms with E-state index in [1.165, 1.54) is 0 Å². The Morgan fingerprint density at radius 2 is 1.57 bits per heavy atom. The number of hydrogen-bond donors (Lipinski definition) is 4. The third-order valence-electron chi connectivity index (χ3n) is 4.78. The van der Waals surface area contributed by atoms with Crippen LogP contribution in [0.2, 0.25) is 0 Å². The van der Waals surface area contributed by atoms with Crippen molar-refractivity contribution in [3.8, 4) is 11.1 Å². The fourth-order valence-electron chi connectivity index (χ4n) is 3.45. The minimum absolute atomic E-state index is 0.0842. The lowest BCUT2D eigenvalue weighted by atomic mass is 9.98. The van der Waals surface area contributed by atoms with Crippen molar-refractivity contribution in [2.24, 2.45) is 5.73 Å². The minimum Gasteiger partial charge on any atom is -0.480 e. The highest BCUT2D eigenvalue weighted by molar-refractivity contribution is 5.89. The molecule has 30 heavy (non-hydrogen) atoms. The summed E-state index contributed by atoms with van der Waals surface area (Å²) in [7, 11) is 0. The van der Waals surface area contributed by atoms with Gasteiger partial charge in [0.2, 0.25) is 11.8 Å². The third kappa shape index (κ3) is 4.75. The Morgan fingerprint density at radius 3 is 2.10 bits per heavy atom. The zero-order chi connectivity index (χ0) is 21.7. The number of hydrogen-bond acceptors (Lipinski definition) is 5. The van der Waals surface area contributed by atoms with E-state index in [9.17, 15) is 19.2 Å². The van der Waals surface area contributed by atoms with Crippen LogP contribution in [0.3, 0.4) is 0 Å². The number of carboxylic acids is 1. The molecular formula is C21H21N3O6. The number of rotatable bonds is 8. The van der Waals surface area contributed by atoms with E-state index in [4.69, 9.17) is 15.6 Å². The number of ether oxygens (including phenoxy) is 1. The van der Waals surface area contributed by atoms with Crippen LogP contribution in [-0.4, -0.2) is 48.2 Å². The van der Waals surface area contributed by atoms with Crippen molar-refractivity contribution in [3.05, 3.63) is 59.7 Å². The molecule has 1 aliphatic carbocycles. The molecule has 0 heterocycles. The molecular weight excluding hydrogens is 390 g/mol. The predicted molar refractivity (Wildman–Crippen MR) is 106 cm³/mol. The topological polar surface area (TPSA) is 148 Å². The standard InChI is InChI=1S/C21H21N3O6/c22-18(25)9-17(20(27)28)24-19(26)10-23-21(29)30-11-16-14-7-3-1-5-12(14)13-6-2-4-8-15(13)16/h1-8,16-17H,9-11H2,(H2,22,25)(H,23,29)(H,24,26)(H,27,28). The Balaban J connectivity index is 1.53. The SMILES string of the molecule is NC(=O)CC(NC(=O)CNC(=O)OCC1c2ccccc2-c2ccccc21)C(=O)O. The number of nitrogens with two attached hydrogens (primary N) is 1. The van der Waals surface area contributed by atoms with Gasteiger partial charge in [0.1, 0.15) is 19.2 Å². The quantitative estimate of drug-likeness (QED) is 0.509. The van der Waals surface area contributed by atoms with Crippen molar-refractivity contribution in [2.45, 2.75) is 18.4 Å². The first kappa shape index (κ1) is 20.8. The minimum atomic E-state index is -1.46. The van der Waals surface area contributed by atoms with Crippen molar-refractivity contribution in [1.82, 2.24) is 10.6 Å². The molecule has 1 aliphatic rings. The second-order valence-corrected chi connectivity index (χ2v) is 6.81. The lowest BCUT2D eigenvalue weighted by molar-refractivity contribution is -0.143. The van der Waals surface area contributed by atoms with Gasteiger partial charge in [0, 0.05) is 5.92 Å². The Hall–Kier alpha value is -3.88. The second-order valence-electron chi connectivity index (χ2n) is 6.81. The number of aliphatic carboxylic acids is 1. The number of carboxylic acid groups (broad SMARTS) is 1. The molecule has 0 saturated carbocycles. The van der Waals surface area contributed by atoms with E-state index in [1.54, 1.807) is 0 Å². The van der Waals surface area contributed by atoms with Gasteiger partial charge in [-0.2, -0.15) is 0 Å². The highest BCUT2D eigenvalue weighted by atomic mass is 16.5. The molecule has 2 aromatic rings. The monoisotopic (exact) mass is 411 g/mol. The van der Waals surface area contributed by atoms with E-state index in [0.717, 1.165) is 22.3 Å². The summed E-state index contributed by atoms with van der Waals surface area (Å²) in [4.78, 5) is 45.7. The van der Waals surface area contributed by atoms with Crippen LogP contribution < -0.4 is 16.4 Å². The largest absolute Gasteiger partial charge is 0.480 e. The maximum atomic E-state index is 12.0. The maximum absolute atomic E-state index is 12.0. The van der Waals surface area contributed by atoms with Crippen LogP contribution in [0.15, 0.2) is 48.5 Å². The summed E-state index contributed by atoms with van der Waals surface area (Å²) in [5, 5.41) is 13.4. The summed E-state index contributed by atoms with van der Waals surface area (Å²) in [6.45, 7) is -0.417. The van der Waals surface area contributed by atoms with E-state index in [0.29, 0.717) is 0 Å². The van der Waals surface area contributed by atoms with Gasteiger partial charge in [-0.05, 0) is 22.3 Å². The number of nitrogens with one attached hydrogen (secondary N) is 2. The molecule has 0 radical (unpaired) electrons. The lowest BCUT2D eigenvalue weighted by Gasteiger charge is -2.15. The van der Waals surface area contributed by atoms with E-state index < -0.39 is 42.9 Å². The zero-order valence-corrected chi connectivity index (χ0v) is 16.0. The van der Waals surface area contributed by atoms with Crippen molar-refractivity contribution in [1.29, 1.82) is 0 Å². The number of alkyl carbamates (subject to hydrolysis) is 1. The molecule has 0 bridgehead atoms. The first-order valence-electron chi connectivity index (χ1n) is 9.26. The average Bonchev–Trinajstić information content (AvgIpc) is 3.04. The molecule has 9 heteroatoms. The fraction of sp³-hybridized carbons (Fsp3) is 0.238.